The Morgan fingerprint density at radius 3 is 2.58 bits per heavy atom. The Balaban J connectivity index is 1.12. The molecule has 2 fully saturated rings. The van der Waals surface area contributed by atoms with Gasteiger partial charge in [-0.2, -0.15) is 15.3 Å². The molecule has 1 saturated heterocycles. The number of nitriles is 1. The molecule has 4 aromatic rings. The Morgan fingerprint density at radius 1 is 1.04 bits per heavy atom. The van der Waals surface area contributed by atoms with Gasteiger partial charge in [-0.25, -0.2) is 14.8 Å². The summed E-state index contributed by atoms with van der Waals surface area (Å²) in [6.07, 6.45) is 11.5. The summed E-state index contributed by atoms with van der Waals surface area (Å²) in [6.45, 7) is 3.20. The maximum atomic E-state index is 13.7. The molecule has 12 heteroatoms. The number of carbonyl (C=O) groups excluding carboxylic acids is 1. The van der Waals surface area contributed by atoms with Crippen LogP contribution in [0.3, 0.4) is 0 Å². The normalized spacial score (nSPS) is 19.4. The number of hydrogen-bond donors (Lipinski definition) is 4. The molecule has 1 saturated carbocycles. The maximum Gasteiger partial charge on any atom is 0.323 e. The van der Waals surface area contributed by atoms with Gasteiger partial charge in [0.25, 0.3) is 0 Å². The smallest absolute Gasteiger partial charge is 0.323 e. The van der Waals surface area contributed by atoms with Crippen molar-refractivity contribution in [3.05, 3.63) is 78.4 Å². The number of rotatable bonds is 10. The van der Waals surface area contributed by atoms with E-state index >= 15 is 0 Å². The van der Waals surface area contributed by atoms with Crippen LogP contribution < -0.4 is 26.2 Å². The summed E-state index contributed by atoms with van der Waals surface area (Å²) in [5.41, 5.74) is 3.40. The van der Waals surface area contributed by atoms with Crippen molar-refractivity contribution in [2.45, 2.75) is 50.7 Å². The number of pyridine rings is 1. The fourth-order valence-corrected chi connectivity index (χ4v) is 6.04. The van der Waals surface area contributed by atoms with Gasteiger partial charge in [0.05, 0.1) is 12.4 Å². The molecule has 2 aliphatic rings. The van der Waals surface area contributed by atoms with Crippen LogP contribution in [0.1, 0.15) is 43.2 Å². The van der Waals surface area contributed by atoms with Gasteiger partial charge in [0.1, 0.15) is 23.3 Å². The summed E-state index contributed by atoms with van der Waals surface area (Å²) < 4.78 is 1.76. The SMILES string of the molecule is Cn1cc(-c2ccc(N(C(=O)NCc3ccccc3)C3CCC(Nc4ncc(C#N)c(NCC5CCNC5)n4)CC3)nc2)cn1. The van der Waals surface area contributed by atoms with Crippen LogP contribution in [-0.2, 0) is 13.6 Å². The Hall–Kier alpha value is -5.02. The number of aryl methyl sites for hydroxylation is 1. The fourth-order valence-electron chi connectivity index (χ4n) is 6.04. The number of urea groups is 1. The number of aromatic nitrogens is 5. The molecule has 0 bridgehead atoms. The van der Waals surface area contributed by atoms with E-state index in [1.54, 1.807) is 23.3 Å². The van der Waals surface area contributed by atoms with Crippen molar-refractivity contribution >= 4 is 23.6 Å². The molecule has 232 valence electrons. The van der Waals surface area contributed by atoms with Crippen molar-refractivity contribution in [2.24, 2.45) is 13.0 Å². The predicted molar refractivity (Wildman–Crippen MR) is 173 cm³/mol. The predicted octanol–water partition coefficient (Wildman–Crippen LogP) is 4.30. The summed E-state index contributed by atoms with van der Waals surface area (Å²) in [4.78, 5) is 29.3. The van der Waals surface area contributed by atoms with Gasteiger partial charge in [-0.15, -0.1) is 0 Å². The minimum absolute atomic E-state index is 0.0188. The topological polar surface area (TPSA) is 149 Å². The molecule has 1 aliphatic carbocycles. The van der Waals surface area contributed by atoms with E-state index in [0.29, 0.717) is 35.6 Å². The van der Waals surface area contributed by atoms with Gasteiger partial charge in [-0.1, -0.05) is 30.3 Å². The van der Waals surface area contributed by atoms with Crippen LogP contribution in [-0.4, -0.2) is 62.5 Å². The van der Waals surface area contributed by atoms with Crippen LogP contribution >= 0.6 is 0 Å². The zero-order valence-electron chi connectivity index (χ0n) is 25.5. The summed E-state index contributed by atoms with van der Waals surface area (Å²) in [5, 5.41) is 27.1. The van der Waals surface area contributed by atoms with Gasteiger partial charge in [0.2, 0.25) is 5.95 Å². The standard InChI is InChI=1S/C33H39N11O/c1-43-22-27(21-40-43)25-7-12-30(36-19-25)44(33(45)39-17-23-5-3-2-4-6-23)29-10-8-28(9-11-29)41-32-38-20-26(15-34)31(42-32)37-18-24-13-14-35-16-24/h2-7,12,19-22,24,28-29,35H,8-11,13-14,16-18H2,1H3,(H,39,45)(H2,37,38,41,42). The Kier molecular flexibility index (Phi) is 9.46. The summed E-state index contributed by atoms with van der Waals surface area (Å²) in [5.74, 6) is 2.22. The van der Waals surface area contributed by atoms with Gasteiger partial charge in [0.15, 0.2) is 0 Å². The van der Waals surface area contributed by atoms with E-state index < -0.39 is 0 Å². The first-order valence-corrected chi connectivity index (χ1v) is 15.6. The van der Waals surface area contributed by atoms with Crippen LogP contribution in [0.4, 0.5) is 22.4 Å². The molecule has 1 unspecified atom stereocenters. The number of amides is 2. The molecule has 4 heterocycles. The molecule has 45 heavy (non-hydrogen) atoms. The first-order valence-electron chi connectivity index (χ1n) is 15.6. The van der Waals surface area contributed by atoms with Gasteiger partial charge in [-0.05, 0) is 68.8 Å². The third kappa shape index (κ3) is 7.56. The maximum absolute atomic E-state index is 13.7. The highest BCUT2D eigenvalue weighted by Gasteiger charge is 2.31. The van der Waals surface area contributed by atoms with E-state index in [2.05, 4.69) is 42.4 Å². The number of benzene rings is 1. The molecular weight excluding hydrogens is 566 g/mol. The second-order valence-corrected chi connectivity index (χ2v) is 11.8. The molecule has 12 nitrogen and oxygen atoms in total. The third-order valence-corrected chi connectivity index (χ3v) is 8.56. The molecule has 6 rings (SSSR count). The highest BCUT2D eigenvalue weighted by molar-refractivity contribution is 5.91. The molecular formula is C33H39N11O. The molecule has 0 spiro atoms. The number of anilines is 3. The Morgan fingerprint density at radius 2 is 1.89 bits per heavy atom. The second kappa shape index (κ2) is 14.2. The van der Waals surface area contributed by atoms with E-state index in [4.69, 9.17) is 4.98 Å². The van der Waals surface area contributed by atoms with Crippen molar-refractivity contribution < 1.29 is 4.79 Å². The molecule has 0 radical (unpaired) electrons. The molecule has 1 aliphatic heterocycles. The Bertz CT molecular complexity index is 1600. The average Bonchev–Trinajstić information content (AvgIpc) is 3.77. The number of nitrogens with one attached hydrogen (secondary N) is 4. The Labute approximate surface area is 263 Å². The summed E-state index contributed by atoms with van der Waals surface area (Å²) in [7, 11) is 1.88. The highest BCUT2D eigenvalue weighted by Crippen LogP contribution is 2.30. The van der Waals surface area contributed by atoms with Crippen molar-refractivity contribution in [3.8, 4) is 17.2 Å². The summed E-state index contributed by atoms with van der Waals surface area (Å²) in [6, 6.07) is 16.0. The largest absolute Gasteiger partial charge is 0.368 e. The summed E-state index contributed by atoms with van der Waals surface area (Å²) >= 11 is 0. The lowest BCUT2D eigenvalue weighted by atomic mass is 9.90. The molecule has 2 amide bonds. The van der Waals surface area contributed by atoms with Crippen LogP contribution in [0, 0.1) is 17.2 Å². The van der Waals surface area contributed by atoms with Crippen molar-refractivity contribution in [2.75, 3.05) is 35.2 Å². The van der Waals surface area contributed by atoms with Crippen LogP contribution in [0.2, 0.25) is 0 Å². The van der Waals surface area contributed by atoms with Gasteiger partial charge >= 0.3 is 6.03 Å². The zero-order valence-corrected chi connectivity index (χ0v) is 25.5. The van der Waals surface area contributed by atoms with Crippen molar-refractivity contribution in [1.29, 1.82) is 5.26 Å². The number of carbonyl (C=O) groups is 1. The molecule has 1 atom stereocenters. The molecule has 1 aromatic carbocycles. The third-order valence-electron chi connectivity index (χ3n) is 8.56. The van der Waals surface area contributed by atoms with E-state index in [-0.39, 0.29) is 18.1 Å². The second-order valence-electron chi connectivity index (χ2n) is 11.8. The minimum atomic E-state index is -0.166. The van der Waals surface area contributed by atoms with Gasteiger partial charge in [-0.3, -0.25) is 9.58 Å². The first kappa shape index (κ1) is 30.0. The van der Waals surface area contributed by atoms with E-state index in [1.807, 2.05) is 60.6 Å². The van der Waals surface area contributed by atoms with Crippen LogP contribution in [0.15, 0.2) is 67.3 Å². The monoisotopic (exact) mass is 605 g/mol. The lowest BCUT2D eigenvalue weighted by Crippen LogP contribution is -2.49. The van der Waals surface area contributed by atoms with Gasteiger partial charge < -0.3 is 21.3 Å². The lowest BCUT2D eigenvalue weighted by Gasteiger charge is -2.36. The lowest BCUT2D eigenvalue weighted by molar-refractivity contribution is 0.240. The number of hydrogen-bond acceptors (Lipinski definition) is 9. The molecule has 4 N–H and O–H groups in total. The highest BCUT2D eigenvalue weighted by atomic mass is 16.2. The van der Waals surface area contributed by atoms with E-state index in [0.717, 1.165) is 68.4 Å². The van der Waals surface area contributed by atoms with Gasteiger partial charge in [0, 0.05) is 55.7 Å². The van der Waals surface area contributed by atoms with E-state index in [1.165, 1.54) is 0 Å². The average molecular weight is 606 g/mol. The minimum Gasteiger partial charge on any atom is -0.368 e. The van der Waals surface area contributed by atoms with Crippen molar-refractivity contribution in [1.82, 2.24) is 35.4 Å². The first-order chi connectivity index (χ1) is 22.1. The van der Waals surface area contributed by atoms with Crippen molar-refractivity contribution in [3.63, 3.8) is 0 Å². The number of nitrogens with zero attached hydrogens (tertiary/aromatic N) is 7. The quantitative estimate of drug-likeness (QED) is 0.208. The van der Waals surface area contributed by atoms with E-state index in [9.17, 15) is 10.1 Å². The molecule has 3 aromatic heterocycles. The fraction of sp³-hybridized carbons (Fsp3) is 0.394. The van der Waals surface area contributed by atoms with Crippen LogP contribution in [0.5, 0.6) is 0 Å². The van der Waals surface area contributed by atoms with Crippen LogP contribution in [0.25, 0.3) is 11.1 Å². The zero-order chi connectivity index (χ0) is 31.0.